The van der Waals surface area contributed by atoms with Gasteiger partial charge in [0.25, 0.3) is 5.91 Å². The van der Waals surface area contributed by atoms with Gasteiger partial charge in [-0.2, -0.15) is 0 Å². The molecule has 1 amide bonds. The van der Waals surface area contributed by atoms with Gasteiger partial charge in [-0.1, -0.05) is 0 Å². The molecule has 3 N–H and O–H groups in total. The normalized spacial score (nSPS) is 24.3. The molecule has 1 aromatic heterocycles. The Morgan fingerprint density at radius 2 is 2.19 bits per heavy atom. The Morgan fingerprint density at radius 1 is 1.41 bits per heavy atom. The summed E-state index contributed by atoms with van der Waals surface area (Å²) in [6, 6.07) is 3.81. The van der Waals surface area contributed by atoms with Crippen molar-refractivity contribution in [3.8, 4) is 5.88 Å². The Bertz CT molecular complexity index is 1180. The molecule has 13 heteroatoms. The minimum atomic E-state index is -3.94. The summed E-state index contributed by atoms with van der Waals surface area (Å²) in [6.45, 7) is 0.0219. The molecule has 2 aliphatic rings. The molecule has 0 bridgehead atoms. The average Bonchev–Trinajstić information content (AvgIpc) is 2.79. The van der Waals surface area contributed by atoms with Gasteiger partial charge in [0.1, 0.15) is 22.3 Å². The fourth-order valence-electron chi connectivity index (χ4n) is 3.89. The van der Waals surface area contributed by atoms with Gasteiger partial charge < -0.3 is 20.1 Å². The number of hydrogen-bond donors (Lipinski definition) is 3. The second kappa shape index (κ2) is 7.98. The van der Waals surface area contributed by atoms with Gasteiger partial charge in [-0.05, 0) is 24.6 Å². The van der Waals surface area contributed by atoms with Crippen LogP contribution in [0.2, 0.25) is 0 Å². The number of amides is 1. The van der Waals surface area contributed by atoms with Gasteiger partial charge in [-0.15, -0.1) is 0 Å². The van der Waals surface area contributed by atoms with Crippen LogP contribution in [0.4, 0.5) is 10.1 Å². The summed E-state index contributed by atoms with van der Waals surface area (Å²) in [7, 11) is -1.25. The van der Waals surface area contributed by atoms with Crippen molar-refractivity contribution in [2.45, 2.75) is 17.2 Å². The van der Waals surface area contributed by atoms with Crippen molar-refractivity contribution in [3.63, 3.8) is 0 Å². The van der Waals surface area contributed by atoms with Crippen LogP contribution in [0.15, 0.2) is 30.6 Å². The summed E-state index contributed by atoms with van der Waals surface area (Å²) in [6.07, 6.45) is 2.63. The number of aromatic nitrogens is 2. The van der Waals surface area contributed by atoms with E-state index in [0.29, 0.717) is 0 Å². The van der Waals surface area contributed by atoms with Crippen molar-refractivity contribution in [1.82, 2.24) is 19.6 Å². The lowest BCUT2D eigenvalue weighted by Gasteiger charge is -2.50. The number of anilines is 1. The lowest BCUT2D eigenvalue weighted by Crippen LogP contribution is -2.70. The number of hydrogen-bond acceptors (Lipinski definition) is 8. The molecule has 2 atom stereocenters. The molecule has 4 rings (SSSR count). The van der Waals surface area contributed by atoms with Gasteiger partial charge in [-0.3, -0.25) is 10.2 Å². The van der Waals surface area contributed by atoms with Gasteiger partial charge in [0.2, 0.25) is 21.9 Å². The van der Waals surface area contributed by atoms with Crippen LogP contribution in [0.25, 0.3) is 0 Å². The van der Waals surface area contributed by atoms with Crippen molar-refractivity contribution < 1.29 is 27.1 Å². The van der Waals surface area contributed by atoms with E-state index in [1.54, 1.807) is 0 Å². The molecule has 0 radical (unpaired) electrons. The first-order chi connectivity index (χ1) is 15.2. The highest BCUT2D eigenvalue weighted by molar-refractivity contribution is 7.90. The van der Waals surface area contributed by atoms with Gasteiger partial charge >= 0.3 is 0 Å². The molecular weight excluding hydrogens is 443 g/mol. The Kier molecular flexibility index (Phi) is 5.46. The lowest BCUT2D eigenvalue weighted by atomic mass is 9.83. The quantitative estimate of drug-likeness (QED) is 0.598. The molecule has 32 heavy (non-hydrogen) atoms. The molecule has 2 saturated heterocycles. The molecule has 1 aromatic carbocycles. The predicted octanol–water partition coefficient (Wildman–Crippen LogP) is 0.660. The maximum absolute atomic E-state index is 15.0. The first-order valence-corrected chi connectivity index (χ1v) is 11.1. The molecule has 2 aliphatic heterocycles. The number of sulfonamides is 1. The van der Waals surface area contributed by atoms with Crippen LogP contribution in [-0.2, 0) is 20.3 Å². The molecule has 0 aliphatic carbocycles. The fraction of sp³-hybridized carbons (Fsp3) is 0.368. The van der Waals surface area contributed by atoms with Crippen LogP contribution in [0.3, 0.4) is 0 Å². The number of fused-ring (bicyclic) bond motifs is 1. The molecule has 11 nitrogen and oxygen atoms in total. The first kappa shape index (κ1) is 21.9. The van der Waals surface area contributed by atoms with E-state index < -0.39 is 38.5 Å². The molecule has 2 aromatic rings. The zero-order chi connectivity index (χ0) is 23.1. The highest BCUT2D eigenvalue weighted by atomic mass is 32.2. The van der Waals surface area contributed by atoms with E-state index in [1.807, 2.05) is 0 Å². The number of nitrogens with one attached hydrogen (secondary N) is 3. The molecular formula is C19H21FN6O5S. The summed E-state index contributed by atoms with van der Waals surface area (Å²) in [5.74, 6) is -1.44. The maximum atomic E-state index is 15.0. The third kappa shape index (κ3) is 3.52. The highest BCUT2D eigenvalue weighted by Crippen LogP contribution is 2.41. The number of guanidine groups is 1. The molecule has 0 saturated carbocycles. The van der Waals surface area contributed by atoms with E-state index >= 15 is 4.39 Å². The summed E-state index contributed by atoms with van der Waals surface area (Å²) in [5, 5.41) is 12.5. The minimum Gasteiger partial charge on any atom is -0.480 e. The van der Waals surface area contributed by atoms with Crippen LogP contribution in [0.5, 0.6) is 5.88 Å². The molecule has 3 heterocycles. The summed E-state index contributed by atoms with van der Waals surface area (Å²) >= 11 is 0. The van der Waals surface area contributed by atoms with E-state index in [1.165, 1.54) is 38.7 Å². The fourth-order valence-corrected chi connectivity index (χ4v) is 5.73. The number of carbonyl (C=O) groups excluding carboxylic acids is 1. The third-order valence-electron chi connectivity index (χ3n) is 5.58. The Hall–Kier alpha value is -3.32. The minimum absolute atomic E-state index is 0.00971. The van der Waals surface area contributed by atoms with Crippen LogP contribution in [0.1, 0.15) is 22.5 Å². The zero-order valence-corrected chi connectivity index (χ0v) is 18.1. The van der Waals surface area contributed by atoms with E-state index in [0.717, 1.165) is 10.4 Å². The standard InChI is InChI=1S/C19H21FN6O5S/c1-26-18(21)25-19(10-31-6-5-15(19)32(26,28)29)12-7-11(3-4-13(12)20)24-17(27)14-8-23-16(30-2)9-22-14/h3-4,7-9,15H,5-6,10H2,1-2H3,(H2,21,25)(H,24,27)/t15?,19-/m1/s1. The van der Waals surface area contributed by atoms with E-state index in [-0.39, 0.29) is 42.5 Å². The number of carbonyl (C=O) groups is 1. The number of rotatable bonds is 4. The van der Waals surface area contributed by atoms with Gasteiger partial charge in [0.15, 0.2) is 0 Å². The van der Waals surface area contributed by atoms with E-state index in [4.69, 9.17) is 14.9 Å². The van der Waals surface area contributed by atoms with Crippen LogP contribution < -0.4 is 15.4 Å². The number of halogens is 1. The van der Waals surface area contributed by atoms with Crippen LogP contribution in [-0.4, -0.2) is 67.2 Å². The van der Waals surface area contributed by atoms with Crippen molar-refractivity contribution in [1.29, 1.82) is 5.41 Å². The maximum Gasteiger partial charge on any atom is 0.275 e. The third-order valence-corrected chi connectivity index (χ3v) is 7.88. The summed E-state index contributed by atoms with van der Waals surface area (Å²) in [4.78, 5) is 20.4. The predicted molar refractivity (Wildman–Crippen MR) is 111 cm³/mol. The lowest BCUT2D eigenvalue weighted by molar-refractivity contribution is 0.0237. The van der Waals surface area contributed by atoms with Crippen molar-refractivity contribution in [3.05, 3.63) is 47.7 Å². The zero-order valence-electron chi connectivity index (χ0n) is 17.3. The number of ether oxygens (including phenoxy) is 2. The first-order valence-electron chi connectivity index (χ1n) is 9.58. The van der Waals surface area contributed by atoms with Gasteiger partial charge in [0, 0.05) is 24.9 Å². The SMILES string of the molecule is COc1cnc(C(=O)Nc2ccc(F)c([C@]34COCCC3S(=O)(=O)N(C)C(=N)N4)c2)cn1. The number of nitrogens with zero attached hydrogens (tertiary/aromatic N) is 3. The average molecular weight is 464 g/mol. The molecule has 1 unspecified atom stereocenters. The van der Waals surface area contributed by atoms with Gasteiger partial charge in [-0.25, -0.2) is 27.1 Å². The van der Waals surface area contributed by atoms with E-state index in [9.17, 15) is 13.2 Å². The summed E-state index contributed by atoms with van der Waals surface area (Å²) in [5.41, 5.74) is -1.32. The Balaban J connectivity index is 1.71. The Morgan fingerprint density at radius 3 is 2.88 bits per heavy atom. The van der Waals surface area contributed by atoms with E-state index in [2.05, 4.69) is 20.6 Å². The van der Waals surface area contributed by atoms with Gasteiger partial charge in [0.05, 0.1) is 26.1 Å². The molecule has 0 spiro atoms. The second-order valence-corrected chi connectivity index (χ2v) is 9.53. The largest absolute Gasteiger partial charge is 0.480 e. The number of methoxy groups -OCH3 is 1. The molecule has 170 valence electrons. The number of benzene rings is 1. The highest BCUT2D eigenvalue weighted by Gasteiger charge is 2.56. The van der Waals surface area contributed by atoms with Crippen LogP contribution >= 0.6 is 0 Å². The van der Waals surface area contributed by atoms with Crippen molar-refractivity contribution in [2.24, 2.45) is 0 Å². The second-order valence-electron chi connectivity index (χ2n) is 7.38. The monoisotopic (exact) mass is 464 g/mol. The smallest absolute Gasteiger partial charge is 0.275 e. The molecule has 2 fully saturated rings. The van der Waals surface area contributed by atoms with Crippen molar-refractivity contribution >= 4 is 27.6 Å². The van der Waals surface area contributed by atoms with Crippen molar-refractivity contribution in [2.75, 3.05) is 32.7 Å². The topological polar surface area (TPSA) is 147 Å². The summed E-state index contributed by atoms with van der Waals surface area (Å²) < 4.78 is 52.3. The Labute approximate surface area is 183 Å². The van der Waals surface area contributed by atoms with Crippen LogP contribution in [0, 0.1) is 11.2 Å².